The number of anilines is 1. The van der Waals surface area contributed by atoms with Crippen LogP contribution in [0.2, 0.25) is 0 Å². The zero-order valence-electron chi connectivity index (χ0n) is 12.5. The molecule has 1 aromatic heterocycles. The van der Waals surface area contributed by atoms with Crippen LogP contribution in [0.3, 0.4) is 0 Å². The van der Waals surface area contributed by atoms with Crippen LogP contribution >= 0.6 is 11.3 Å². The Morgan fingerprint density at radius 3 is 2.62 bits per heavy atom. The van der Waals surface area contributed by atoms with E-state index in [2.05, 4.69) is 34.7 Å². The number of nitrogens with one attached hydrogen (secondary N) is 2. The second-order valence-electron chi connectivity index (χ2n) is 5.36. The molecule has 118 valence electrons. The van der Waals surface area contributed by atoms with Crippen molar-refractivity contribution in [1.29, 1.82) is 0 Å². The van der Waals surface area contributed by atoms with Gasteiger partial charge in [0.25, 0.3) is 0 Å². The van der Waals surface area contributed by atoms with Gasteiger partial charge in [-0.2, -0.15) is 0 Å². The Kier molecular flexibility index (Phi) is 7.07. The lowest BCUT2D eigenvalue weighted by Gasteiger charge is -2.07. The minimum absolute atomic E-state index is 0.342. The van der Waals surface area contributed by atoms with Gasteiger partial charge in [0, 0.05) is 13.0 Å². The summed E-state index contributed by atoms with van der Waals surface area (Å²) in [6.07, 6.45) is 2.00. The third kappa shape index (κ3) is 7.03. The maximum Gasteiger partial charge on any atom is 0.321 e. The van der Waals surface area contributed by atoms with Crippen molar-refractivity contribution < 1.29 is 14.7 Å². The van der Waals surface area contributed by atoms with E-state index in [9.17, 15) is 9.59 Å². The van der Waals surface area contributed by atoms with E-state index >= 15 is 0 Å². The van der Waals surface area contributed by atoms with Crippen molar-refractivity contribution in [2.24, 2.45) is 11.8 Å². The molecule has 1 rings (SSSR count). The maximum atomic E-state index is 11.6. The van der Waals surface area contributed by atoms with Crippen molar-refractivity contribution in [1.82, 2.24) is 15.5 Å². The van der Waals surface area contributed by atoms with Crippen molar-refractivity contribution in [3.8, 4) is 0 Å². The molecule has 0 saturated carbocycles. The van der Waals surface area contributed by atoms with Gasteiger partial charge in [-0.3, -0.25) is 10.1 Å². The number of hydrogen-bond donors (Lipinski definition) is 3. The average Bonchev–Trinajstić information content (AvgIpc) is 2.80. The van der Waals surface area contributed by atoms with Crippen molar-refractivity contribution in [2.75, 3.05) is 11.9 Å². The second-order valence-corrected chi connectivity index (χ2v) is 6.42. The van der Waals surface area contributed by atoms with Crippen LogP contribution in [0.25, 0.3) is 0 Å². The molecule has 1 heterocycles. The molecule has 0 fully saturated rings. The van der Waals surface area contributed by atoms with Gasteiger partial charge in [0.05, 0.1) is 5.92 Å². The fraction of sp³-hybridized carbons (Fsp3) is 0.692. The third-order valence-electron chi connectivity index (χ3n) is 2.79. The summed E-state index contributed by atoms with van der Waals surface area (Å²) in [6, 6.07) is -0.342. The first kappa shape index (κ1) is 17.4. The fourth-order valence-electron chi connectivity index (χ4n) is 1.61. The highest BCUT2D eigenvalue weighted by Gasteiger charge is 2.11. The van der Waals surface area contributed by atoms with Gasteiger partial charge in [-0.1, -0.05) is 32.1 Å². The summed E-state index contributed by atoms with van der Waals surface area (Å²) >= 11 is 1.37. The Morgan fingerprint density at radius 1 is 1.29 bits per heavy atom. The van der Waals surface area contributed by atoms with Gasteiger partial charge in [0.1, 0.15) is 5.01 Å². The number of carbonyl (C=O) groups is 2. The standard InChI is InChI=1S/C13H22N4O3S/c1-8(2)7-10-16-17-13(21-10)15-12(20)14-6-4-5-9(3)11(18)19/h8-9H,4-7H2,1-3H3,(H,18,19)(H2,14,15,17,20). The average molecular weight is 314 g/mol. The monoisotopic (exact) mass is 314 g/mol. The molecule has 0 radical (unpaired) electrons. The molecular formula is C13H22N4O3S. The molecule has 7 nitrogen and oxygen atoms in total. The molecule has 0 aromatic carbocycles. The van der Waals surface area contributed by atoms with Gasteiger partial charge in [-0.05, 0) is 18.8 Å². The van der Waals surface area contributed by atoms with Gasteiger partial charge in [0.15, 0.2) is 0 Å². The number of amides is 2. The number of rotatable bonds is 8. The number of aromatic nitrogens is 2. The van der Waals surface area contributed by atoms with Gasteiger partial charge in [0.2, 0.25) is 5.13 Å². The first-order valence-corrected chi connectivity index (χ1v) is 7.80. The number of aliphatic carboxylic acids is 1. The highest BCUT2D eigenvalue weighted by molar-refractivity contribution is 7.15. The van der Waals surface area contributed by atoms with Gasteiger partial charge >= 0.3 is 12.0 Å². The largest absolute Gasteiger partial charge is 0.481 e. The minimum Gasteiger partial charge on any atom is -0.481 e. The zero-order valence-corrected chi connectivity index (χ0v) is 13.4. The highest BCUT2D eigenvalue weighted by atomic mass is 32.1. The molecule has 0 saturated heterocycles. The van der Waals surface area contributed by atoms with Crippen molar-refractivity contribution in [2.45, 2.75) is 40.0 Å². The molecule has 0 aliphatic rings. The molecule has 1 aromatic rings. The predicted molar refractivity (Wildman–Crippen MR) is 81.5 cm³/mol. The SMILES string of the molecule is CC(C)Cc1nnc(NC(=O)NCCCC(C)C(=O)O)s1. The van der Waals surface area contributed by atoms with Crippen LogP contribution in [-0.4, -0.2) is 33.8 Å². The Balaban J connectivity index is 2.24. The van der Waals surface area contributed by atoms with E-state index in [4.69, 9.17) is 5.11 Å². The van der Waals surface area contributed by atoms with E-state index in [0.29, 0.717) is 30.4 Å². The molecular weight excluding hydrogens is 292 g/mol. The van der Waals surface area contributed by atoms with E-state index in [-0.39, 0.29) is 6.03 Å². The third-order valence-corrected chi connectivity index (χ3v) is 3.65. The number of carboxylic acid groups (broad SMARTS) is 1. The van der Waals surface area contributed by atoms with Crippen molar-refractivity contribution >= 4 is 28.5 Å². The lowest BCUT2D eigenvalue weighted by atomic mass is 10.1. The first-order chi connectivity index (χ1) is 9.88. The van der Waals surface area contributed by atoms with Crippen LogP contribution in [0.5, 0.6) is 0 Å². The Morgan fingerprint density at radius 2 is 2.00 bits per heavy atom. The fourth-order valence-corrected chi connectivity index (χ4v) is 2.56. The lowest BCUT2D eigenvalue weighted by molar-refractivity contribution is -0.141. The summed E-state index contributed by atoms with van der Waals surface area (Å²) in [4.78, 5) is 22.3. The molecule has 1 unspecified atom stereocenters. The predicted octanol–water partition coefficient (Wildman–Crippen LogP) is 2.36. The molecule has 21 heavy (non-hydrogen) atoms. The highest BCUT2D eigenvalue weighted by Crippen LogP contribution is 2.17. The molecule has 3 N–H and O–H groups in total. The van der Waals surface area contributed by atoms with Crippen LogP contribution in [0.15, 0.2) is 0 Å². The van der Waals surface area contributed by atoms with Crippen LogP contribution in [0, 0.1) is 11.8 Å². The number of carboxylic acids is 1. The van der Waals surface area contributed by atoms with E-state index in [1.165, 1.54) is 11.3 Å². The van der Waals surface area contributed by atoms with Gasteiger partial charge in [-0.25, -0.2) is 4.79 Å². The van der Waals surface area contributed by atoms with Gasteiger partial charge < -0.3 is 10.4 Å². The maximum absolute atomic E-state index is 11.6. The summed E-state index contributed by atoms with van der Waals surface area (Å²) in [5, 5.41) is 23.3. The van der Waals surface area contributed by atoms with Crippen LogP contribution in [0.4, 0.5) is 9.93 Å². The molecule has 2 amide bonds. The molecule has 0 bridgehead atoms. The molecule has 0 spiro atoms. The summed E-state index contributed by atoms with van der Waals surface area (Å²) < 4.78 is 0. The van der Waals surface area contributed by atoms with Gasteiger partial charge in [-0.15, -0.1) is 10.2 Å². The van der Waals surface area contributed by atoms with Crippen LogP contribution in [-0.2, 0) is 11.2 Å². The van der Waals surface area contributed by atoms with E-state index < -0.39 is 11.9 Å². The Labute approximate surface area is 128 Å². The van der Waals surface area contributed by atoms with E-state index in [0.717, 1.165) is 11.4 Å². The Bertz CT molecular complexity index is 476. The summed E-state index contributed by atoms with van der Waals surface area (Å²) in [5.41, 5.74) is 0. The molecule has 1 atom stereocenters. The minimum atomic E-state index is -0.814. The smallest absolute Gasteiger partial charge is 0.321 e. The second kappa shape index (κ2) is 8.56. The zero-order chi connectivity index (χ0) is 15.8. The number of nitrogens with zero attached hydrogens (tertiary/aromatic N) is 2. The molecule has 0 aliphatic heterocycles. The molecule has 8 heteroatoms. The lowest BCUT2D eigenvalue weighted by Crippen LogP contribution is -2.29. The van der Waals surface area contributed by atoms with Crippen LogP contribution in [0.1, 0.15) is 38.6 Å². The topological polar surface area (TPSA) is 104 Å². The summed E-state index contributed by atoms with van der Waals surface area (Å²) in [6.45, 7) is 6.28. The van der Waals surface area contributed by atoms with Crippen molar-refractivity contribution in [3.05, 3.63) is 5.01 Å². The quantitative estimate of drug-likeness (QED) is 0.639. The first-order valence-electron chi connectivity index (χ1n) is 6.98. The van der Waals surface area contributed by atoms with E-state index in [1.54, 1.807) is 6.92 Å². The number of hydrogen-bond acceptors (Lipinski definition) is 5. The molecule has 0 aliphatic carbocycles. The number of carbonyl (C=O) groups excluding carboxylic acids is 1. The van der Waals surface area contributed by atoms with Crippen molar-refractivity contribution in [3.63, 3.8) is 0 Å². The summed E-state index contributed by atoms with van der Waals surface area (Å²) in [5.74, 6) is -0.710. The normalized spacial score (nSPS) is 12.2. The van der Waals surface area contributed by atoms with E-state index in [1.807, 2.05) is 0 Å². The Hall–Kier alpha value is -1.70. The van der Waals surface area contributed by atoms with Crippen LogP contribution < -0.4 is 10.6 Å². The number of urea groups is 1. The summed E-state index contributed by atoms with van der Waals surface area (Å²) in [7, 11) is 0.